The van der Waals surface area contributed by atoms with E-state index in [1.165, 1.54) is 0 Å². The molecule has 0 aromatic heterocycles. The molecule has 0 amide bonds. The molecule has 0 bridgehead atoms. The number of benzene rings is 1. The van der Waals surface area contributed by atoms with Crippen LogP contribution in [0.15, 0.2) is 28.7 Å². The van der Waals surface area contributed by atoms with Crippen LogP contribution in [-0.4, -0.2) is 55.0 Å². The van der Waals surface area contributed by atoms with Crippen molar-refractivity contribution in [2.24, 2.45) is 0 Å². The average Bonchev–Trinajstić information content (AvgIpc) is 2.37. The molecule has 2 N–H and O–H groups in total. The molecule has 20 heavy (non-hydrogen) atoms. The first-order valence-electron chi connectivity index (χ1n) is 6.33. The SMILES string of the molecule is CN(C)CCCNC(C(=O)O)C(=O)c1ccccc1Br. The van der Waals surface area contributed by atoms with Crippen molar-refractivity contribution < 1.29 is 14.7 Å². The number of nitrogens with zero attached hydrogens (tertiary/aromatic N) is 1. The monoisotopic (exact) mass is 342 g/mol. The maximum absolute atomic E-state index is 12.3. The zero-order chi connectivity index (χ0) is 15.1. The molecule has 1 unspecified atom stereocenters. The van der Waals surface area contributed by atoms with Gasteiger partial charge in [0.15, 0.2) is 11.8 Å². The lowest BCUT2D eigenvalue weighted by atomic mass is 10.0. The zero-order valence-corrected chi connectivity index (χ0v) is 13.2. The van der Waals surface area contributed by atoms with Gasteiger partial charge < -0.3 is 10.0 Å². The van der Waals surface area contributed by atoms with Crippen LogP contribution < -0.4 is 5.32 Å². The highest BCUT2D eigenvalue weighted by atomic mass is 79.9. The second kappa shape index (κ2) is 8.14. The van der Waals surface area contributed by atoms with Crippen LogP contribution in [0.2, 0.25) is 0 Å². The summed E-state index contributed by atoms with van der Waals surface area (Å²) in [6.07, 6.45) is 0.778. The third-order valence-corrected chi connectivity index (χ3v) is 3.47. The Labute approximate surface area is 127 Å². The number of rotatable bonds is 8. The summed E-state index contributed by atoms with van der Waals surface area (Å²) in [6.45, 7) is 1.31. The summed E-state index contributed by atoms with van der Waals surface area (Å²) >= 11 is 3.27. The molecular weight excluding hydrogens is 324 g/mol. The first-order chi connectivity index (χ1) is 9.43. The normalized spacial score (nSPS) is 12.4. The van der Waals surface area contributed by atoms with Crippen LogP contribution in [-0.2, 0) is 4.79 Å². The topological polar surface area (TPSA) is 69.6 Å². The third kappa shape index (κ3) is 5.03. The smallest absolute Gasteiger partial charge is 0.328 e. The lowest BCUT2D eigenvalue weighted by molar-refractivity contribution is -0.138. The standard InChI is InChI=1S/C14H19BrN2O3/c1-17(2)9-5-8-16-12(14(19)20)13(18)10-6-3-4-7-11(10)15/h3-4,6-7,12,16H,5,8-9H2,1-2H3,(H,19,20). The van der Waals surface area contributed by atoms with Crippen molar-refractivity contribution in [1.82, 2.24) is 10.2 Å². The van der Waals surface area contributed by atoms with Gasteiger partial charge in [0.2, 0.25) is 0 Å². The van der Waals surface area contributed by atoms with Gasteiger partial charge in [-0.3, -0.25) is 14.9 Å². The Bertz CT molecular complexity index is 477. The molecule has 1 aromatic rings. The van der Waals surface area contributed by atoms with Crippen molar-refractivity contribution in [2.45, 2.75) is 12.5 Å². The minimum absolute atomic E-state index is 0.375. The Morgan fingerprint density at radius 3 is 2.55 bits per heavy atom. The maximum atomic E-state index is 12.3. The van der Waals surface area contributed by atoms with E-state index in [-0.39, 0.29) is 0 Å². The Balaban J connectivity index is 2.69. The first-order valence-corrected chi connectivity index (χ1v) is 7.12. The van der Waals surface area contributed by atoms with Crippen LogP contribution >= 0.6 is 15.9 Å². The summed E-state index contributed by atoms with van der Waals surface area (Å²) in [5, 5.41) is 12.0. The van der Waals surface area contributed by atoms with Crippen molar-refractivity contribution in [3.05, 3.63) is 34.3 Å². The Kier molecular flexibility index (Phi) is 6.84. The molecule has 0 radical (unpaired) electrons. The van der Waals surface area contributed by atoms with E-state index in [0.29, 0.717) is 16.6 Å². The number of carbonyl (C=O) groups is 2. The number of aliphatic carboxylic acids is 1. The number of Topliss-reactive ketones (excluding diaryl/α,β-unsaturated/α-hetero) is 1. The molecule has 0 fully saturated rings. The van der Waals surface area contributed by atoms with Gasteiger partial charge in [-0.1, -0.05) is 34.1 Å². The minimum atomic E-state index is -1.21. The van der Waals surface area contributed by atoms with Crippen LogP contribution in [0.25, 0.3) is 0 Å². The molecule has 0 saturated carbocycles. The molecule has 1 aromatic carbocycles. The average molecular weight is 343 g/mol. The quantitative estimate of drug-likeness (QED) is 0.427. The predicted octanol–water partition coefficient (Wildman–Crippen LogP) is 1.63. The van der Waals surface area contributed by atoms with E-state index in [0.717, 1.165) is 13.0 Å². The molecule has 5 nitrogen and oxygen atoms in total. The molecule has 110 valence electrons. The predicted molar refractivity (Wildman–Crippen MR) is 81.1 cm³/mol. The summed E-state index contributed by atoms with van der Waals surface area (Å²) in [5.41, 5.74) is 0.375. The van der Waals surface area contributed by atoms with Crippen LogP contribution in [0.3, 0.4) is 0 Å². The van der Waals surface area contributed by atoms with Crippen LogP contribution in [0.4, 0.5) is 0 Å². The van der Waals surface area contributed by atoms with Crippen molar-refractivity contribution in [2.75, 3.05) is 27.2 Å². The van der Waals surface area contributed by atoms with E-state index < -0.39 is 17.8 Å². The second-order valence-electron chi connectivity index (χ2n) is 4.73. The number of hydrogen-bond donors (Lipinski definition) is 2. The van der Waals surface area contributed by atoms with Gasteiger partial charge in [0.25, 0.3) is 0 Å². The number of carboxylic acid groups (broad SMARTS) is 1. The molecule has 0 aliphatic heterocycles. The molecule has 0 aliphatic rings. The van der Waals surface area contributed by atoms with E-state index in [1.807, 2.05) is 19.0 Å². The van der Waals surface area contributed by atoms with Crippen LogP contribution in [0, 0.1) is 0 Å². The summed E-state index contributed by atoms with van der Waals surface area (Å²) in [7, 11) is 3.89. The lowest BCUT2D eigenvalue weighted by Gasteiger charge is -2.15. The van der Waals surface area contributed by atoms with E-state index in [1.54, 1.807) is 24.3 Å². The highest BCUT2D eigenvalue weighted by Crippen LogP contribution is 2.17. The van der Waals surface area contributed by atoms with E-state index >= 15 is 0 Å². The minimum Gasteiger partial charge on any atom is -0.480 e. The summed E-state index contributed by atoms with van der Waals surface area (Å²) in [5.74, 6) is -1.59. The van der Waals surface area contributed by atoms with Gasteiger partial charge in [-0.25, -0.2) is 0 Å². The molecule has 1 rings (SSSR count). The van der Waals surface area contributed by atoms with Crippen molar-refractivity contribution in [3.63, 3.8) is 0 Å². The highest BCUT2D eigenvalue weighted by molar-refractivity contribution is 9.10. The van der Waals surface area contributed by atoms with E-state index in [9.17, 15) is 14.7 Å². The fraction of sp³-hybridized carbons (Fsp3) is 0.429. The number of halogens is 1. The molecule has 0 aliphatic carbocycles. The molecule has 0 saturated heterocycles. The third-order valence-electron chi connectivity index (χ3n) is 2.78. The summed E-state index contributed by atoms with van der Waals surface area (Å²) in [4.78, 5) is 25.5. The lowest BCUT2D eigenvalue weighted by Crippen LogP contribution is -2.44. The number of carboxylic acids is 1. The van der Waals surface area contributed by atoms with Gasteiger partial charge in [-0.05, 0) is 39.7 Å². The van der Waals surface area contributed by atoms with Gasteiger partial charge >= 0.3 is 5.97 Å². The molecule has 1 atom stereocenters. The van der Waals surface area contributed by atoms with Gasteiger partial charge in [0, 0.05) is 10.0 Å². The van der Waals surface area contributed by atoms with Crippen molar-refractivity contribution >= 4 is 27.7 Å². The van der Waals surface area contributed by atoms with Gasteiger partial charge in [-0.2, -0.15) is 0 Å². The van der Waals surface area contributed by atoms with Crippen LogP contribution in [0.5, 0.6) is 0 Å². The fourth-order valence-corrected chi connectivity index (χ4v) is 2.23. The van der Waals surface area contributed by atoms with Crippen LogP contribution in [0.1, 0.15) is 16.8 Å². The first kappa shape index (κ1) is 16.8. The molecule has 0 spiro atoms. The van der Waals surface area contributed by atoms with Crippen molar-refractivity contribution in [3.8, 4) is 0 Å². The largest absolute Gasteiger partial charge is 0.480 e. The summed E-state index contributed by atoms with van der Waals surface area (Å²) < 4.78 is 0.603. The second-order valence-corrected chi connectivity index (χ2v) is 5.58. The molecule has 6 heteroatoms. The zero-order valence-electron chi connectivity index (χ0n) is 11.6. The Morgan fingerprint density at radius 2 is 2.00 bits per heavy atom. The number of carbonyl (C=O) groups excluding carboxylic acids is 1. The Hall–Kier alpha value is -1.24. The maximum Gasteiger partial charge on any atom is 0.328 e. The van der Waals surface area contributed by atoms with Gasteiger partial charge in [0.05, 0.1) is 0 Å². The van der Waals surface area contributed by atoms with E-state index in [2.05, 4.69) is 21.2 Å². The fourth-order valence-electron chi connectivity index (χ4n) is 1.75. The van der Waals surface area contributed by atoms with Crippen molar-refractivity contribution in [1.29, 1.82) is 0 Å². The summed E-state index contributed by atoms with van der Waals surface area (Å²) in [6, 6.07) is 5.61. The van der Waals surface area contributed by atoms with Gasteiger partial charge in [0.1, 0.15) is 0 Å². The highest BCUT2D eigenvalue weighted by Gasteiger charge is 2.27. The number of hydrogen-bond acceptors (Lipinski definition) is 4. The molecule has 0 heterocycles. The number of nitrogens with one attached hydrogen (secondary N) is 1. The number of ketones is 1. The Morgan fingerprint density at radius 1 is 1.35 bits per heavy atom. The molecular formula is C14H19BrN2O3. The van der Waals surface area contributed by atoms with Gasteiger partial charge in [-0.15, -0.1) is 0 Å². The van der Waals surface area contributed by atoms with E-state index in [4.69, 9.17) is 0 Å².